The Morgan fingerprint density at radius 1 is 1.22 bits per heavy atom. The molecule has 0 fully saturated rings. The van der Waals surface area contributed by atoms with Crippen molar-refractivity contribution in [3.05, 3.63) is 36.2 Å². The van der Waals surface area contributed by atoms with E-state index in [1.54, 1.807) is 12.1 Å². The van der Waals surface area contributed by atoms with Gasteiger partial charge in [0.25, 0.3) is 0 Å². The molecule has 1 aromatic carbocycles. The molecule has 3 nitrogen and oxygen atoms in total. The van der Waals surface area contributed by atoms with E-state index in [1.165, 1.54) is 5.39 Å². The van der Waals surface area contributed by atoms with E-state index >= 15 is 0 Å². The van der Waals surface area contributed by atoms with E-state index < -0.39 is 0 Å². The maximum Gasteiger partial charge on any atom is 0.117 e. The summed E-state index contributed by atoms with van der Waals surface area (Å²) in [6.45, 7) is 4.38. The van der Waals surface area contributed by atoms with Gasteiger partial charge in [-0.3, -0.25) is 4.98 Å². The minimum Gasteiger partial charge on any atom is -0.508 e. The number of aromatic hydroxyl groups is 1. The average molecular weight is 240 g/mol. The first-order valence-electron chi connectivity index (χ1n) is 6.23. The highest BCUT2D eigenvalue weighted by molar-refractivity contribution is 6.08. The van der Waals surface area contributed by atoms with Crippen LogP contribution in [-0.2, 0) is 6.42 Å². The van der Waals surface area contributed by atoms with Gasteiger partial charge in [0.1, 0.15) is 5.75 Å². The van der Waals surface area contributed by atoms with Crippen molar-refractivity contribution in [2.24, 2.45) is 5.92 Å². The third-order valence-corrected chi connectivity index (χ3v) is 3.18. The normalized spacial score (nSPS) is 11.7. The molecule has 0 aliphatic carbocycles. The summed E-state index contributed by atoms with van der Waals surface area (Å²) in [7, 11) is 0. The van der Waals surface area contributed by atoms with Gasteiger partial charge in [-0.1, -0.05) is 13.8 Å². The van der Waals surface area contributed by atoms with Crippen molar-refractivity contribution in [3.63, 3.8) is 0 Å². The van der Waals surface area contributed by atoms with Crippen molar-refractivity contribution < 1.29 is 5.11 Å². The fraction of sp³-hybridized carbons (Fsp3) is 0.267. The fourth-order valence-corrected chi connectivity index (χ4v) is 2.42. The first kappa shape index (κ1) is 11.1. The molecular formula is C15H16N2O. The van der Waals surface area contributed by atoms with Crippen molar-refractivity contribution in [3.8, 4) is 5.75 Å². The Bertz CT molecular complexity index is 713. The van der Waals surface area contributed by atoms with Crippen LogP contribution in [0.15, 0.2) is 30.5 Å². The molecule has 0 saturated carbocycles. The van der Waals surface area contributed by atoms with Crippen LogP contribution in [0.3, 0.4) is 0 Å². The van der Waals surface area contributed by atoms with Gasteiger partial charge in [0.15, 0.2) is 0 Å². The molecule has 18 heavy (non-hydrogen) atoms. The molecule has 2 N–H and O–H groups in total. The molecule has 2 heterocycles. The molecule has 92 valence electrons. The molecular weight excluding hydrogens is 224 g/mol. The smallest absolute Gasteiger partial charge is 0.117 e. The van der Waals surface area contributed by atoms with E-state index in [1.807, 2.05) is 18.3 Å². The predicted molar refractivity (Wildman–Crippen MR) is 73.8 cm³/mol. The summed E-state index contributed by atoms with van der Waals surface area (Å²) >= 11 is 0. The van der Waals surface area contributed by atoms with E-state index in [9.17, 15) is 5.11 Å². The quantitative estimate of drug-likeness (QED) is 0.718. The number of phenols is 1. The summed E-state index contributed by atoms with van der Waals surface area (Å²) in [5.74, 6) is 0.857. The van der Waals surface area contributed by atoms with Gasteiger partial charge in [-0.15, -0.1) is 0 Å². The number of pyridine rings is 1. The largest absolute Gasteiger partial charge is 0.508 e. The molecule has 2 aromatic heterocycles. The first-order chi connectivity index (χ1) is 8.65. The number of phenolic OH excluding ortho intramolecular Hbond substituents is 1. The molecule has 0 saturated heterocycles. The number of hydrogen-bond donors (Lipinski definition) is 2. The second-order valence-corrected chi connectivity index (χ2v) is 5.13. The Morgan fingerprint density at radius 3 is 2.83 bits per heavy atom. The van der Waals surface area contributed by atoms with Crippen LogP contribution in [0.25, 0.3) is 21.8 Å². The summed E-state index contributed by atoms with van der Waals surface area (Å²) < 4.78 is 0. The highest BCUT2D eigenvalue weighted by atomic mass is 16.3. The van der Waals surface area contributed by atoms with Crippen molar-refractivity contribution in [2.45, 2.75) is 20.3 Å². The summed E-state index contributed by atoms with van der Waals surface area (Å²) in [4.78, 5) is 7.84. The zero-order chi connectivity index (χ0) is 12.7. The Balaban J connectivity index is 2.31. The molecule has 0 aliphatic heterocycles. The highest BCUT2D eigenvalue weighted by Gasteiger charge is 2.10. The number of hydrogen-bond acceptors (Lipinski definition) is 2. The topological polar surface area (TPSA) is 48.9 Å². The monoisotopic (exact) mass is 240 g/mol. The van der Waals surface area contributed by atoms with E-state index in [4.69, 9.17) is 0 Å². The third-order valence-electron chi connectivity index (χ3n) is 3.18. The minimum absolute atomic E-state index is 0.285. The maximum absolute atomic E-state index is 9.53. The van der Waals surface area contributed by atoms with E-state index in [2.05, 4.69) is 23.8 Å². The number of nitrogens with zero attached hydrogens (tertiary/aromatic N) is 1. The molecule has 3 rings (SSSR count). The summed E-state index contributed by atoms with van der Waals surface area (Å²) in [5, 5.41) is 11.8. The number of nitrogens with one attached hydrogen (secondary N) is 1. The predicted octanol–water partition coefficient (Wildman–Crippen LogP) is 3.62. The van der Waals surface area contributed by atoms with Crippen LogP contribution >= 0.6 is 0 Å². The van der Waals surface area contributed by atoms with Crippen molar-refractivity contribution in [1.82, 2.24) is 9.97 Å². The van der Waals surface area contributed by atoms with Crippen LogP contribution in [0.4, 0.5) is 0 Å². The number of H-pyrrole nitrogens is 1. The average Bonchev–Trinajstić information content (AvgIpc) is 2.67. The van der Waals surface area contributed by atoms with E-state index in [-0.39, 0.29) is 5.75 Å². The first-order valence-corrected chi connectivity index (χ1v) is 6.23. The number of rotatable bonds is 2. The Labute approximate surface area is 105 Å². The van der Waals surface area contributed by atoms with Crippen LogP contribution < -0.4 is 0 Å². The van der Waals surface area contributed by atoms with Gasteiger partial charge < -0.3 is 10.1 Å². The lowest BCUT2D eigenvalue weighted by Crippen LogP contribution is -1.97. The van der Waals surface area contributed by atoms with E-state index in [0.717, 1.165) is 28.5 Å². The summed E-state index contributed by atoms with van der Waals surface area (Å²) in [6, 6.07) is 7.45. The minimum atomic E-state index is 0.285. The number of aromatic nitrogens is 2. The van der Waals surface area contributed by atoms with Gasteiger partial charge in [0.05, 0.1) is 16.7 Å². The van der Waals surface area contributed by atoms with E-state index in [0.29, 0.717) is 5.92 Å². The zero-order valence-corrected chi connectivity index (χ0v) is 10.6. The third kappa shape index (κ3) is 1.72. The molecule has 0 spiro atoms. The maximum atomic E-state index is 9.53. The van der Waals surface area contributed by atoms with Gasteiger partial charge in [-0.05, 0) is 30.5 Å². The molecule has 0 aliphatic rings. The van der Waals surface area contributed by atoms with Gasteiger partial charge in [-0.25, -0.2) is 0 Å². The Hall–Kier alpha value is -2.03. The molecule has 3 aromatic rings. The standard InChI is InChI=1S/C15H16N2O/c1-9(2)7-14-15-12(5-6-16-14)11-4-3-10(18)8-13(11)17-15/h3-6,8-9,17-18H,7H2,1-2H3. The molecule has 0 radical (unpaired) electrons. The van der Waals surface area contributed by atoms with Gasteiger partial charge in [0, 0.05) is 23.0 Å². The van der Waals surface area contributed by atoms with Crippen LogP contribution in [0.1, 0.15) is 19.5 Å². The van der Waals surface area contributed by atoms with Crippen molar-refractivity contribution in [1.29, 1.82) is 0 Å². The highest BCUT2D eigenvalue weighted by Crippen LogP contribution is 2.29. The van der Waals surface area contributed by atoms with Crippen molar-refractivity contribution in [2.75, 3.05) is 0 Å². The van der Waals surface area contributed by atoms with Crippen LogP contribution in [0.5, 0.6) is 5.75 Å². The lowest BCUT2D eigenvalue weighted by atomic mass is 10.1. The van der Waals surface area contributed by atoms with Gasteiger partial charge in [-0.2, -0.15) is 0 Å². The molecule has 0 bridgehead atoms. The number of benzene rings is 1. The number of aromatic amines is 1. The van der Waals surface area contributed by atoms with Crippen LogP contribution in [0.2, 0.25) is 0 Å². The molecule has 0 unspecified atom stereocenters. The lowest BCUT2D eigenvalue weighted by Gasteiger charge is -2.04. The van der Waals surface area contributed by atoms with Crippen molar-refractivity contribution >= 4 is 21.8 Å². The van der Waals surface area contributed by atoms with Crippen LogP contribution in [0, 0.1) is 5.92 Å². The fourth-order valence-electron chi connectivity index (χ4n) is 2.42. The molecule has 0 atom stereocenters. The Morgan fingerprint density at radius 2 is 2.06 bits per heavy atom. The van der Waals surface area contributed by atoms with Gasteiger partial charge in [0.2, 0.25) is 0 Å². The SMILES string of the molecule is CC(C)Cc1nccc2c1[nH]c1cc(O)ccc12. The molecule has 0 amide bonds. The van der Waals surface area contributed by atoms with Crippen LogP contribution in [-0.4, -0.2) is 15.1 Å². The summed E-state index contributed by atoms with van der Waals surface area (Å²) in [6.07, 6.45) is 2.82. The molecule has 3 heteroatoms. The van der Waals surface area contributed by atoms with Gasteiger partial charge >= 0.3 is 0 Å². The second kappa shape index (κ2) is 4.02. The lowest BCUT2D eigenvalue weighted by molar-refractivity contribution is 0.476. The second-order valence-electron chi connectivity index (χ2n) is 5.13. The number of fused-ring (bicyclic) bond motifs is 3. The summed E-state index contributed by atoms with van der Waals surface area (Å²) in [5.41, 5.74) is 3.15. The zero-order valence-electron chi connectivity index (χ0n) is 10.6. The Kier molecular flexibility index (Phi) is 2.47.